The number of benzene rings is 1. The molecular weight excluding hydrogens is 344 g/mol. The smallest absolute Gasteiger partial charge is 0.253 e. The first-order valence-corrected chi connectivity index (χ1v) is 10.1. The van der Waals surface area contributed by atoms with Crippen molar-refractivity contribution in [1.82, 2.24) is 4.31 Å². The summed E-state index contributed by atoms with van der Waals surface area (Å²) in [6.45, 7) is 1.60. The summed E-state index contributed by atoms with van der Waals surface area (Å²) in [5.74, 6) is 0.0321. The number of carbonyl (C=O) groups excluding carboxylic acids is 1. The van der Waals surface area contributed by atoms with Crippen molar-refractivity contribution in [3.05, 3.63) is 18.2 Å². The lowest BCUT2D eigenvalue weighted by Crippen LogP contribution is -2.35. The van der Waals surface area contributed by atoms with Crippen molar-refractivity contribution in [2.75, 3.05) is 32.1 Å². The van der Waals surface area contributed by atoms with E-state index in [2.05, 4.69) is 5.32 Å². The average molecular weight is 368 g/mol. The normalized spacial score (nSPS) is 21.9. The molecule has 0 aliphatic carbocycles. The first-order valence-electron chi connectivity index (χ1n) is 8.63. The summed E-state index contributed by atoms with van der Waals surface area (Å²) in [5.41, 5.74) is 0.428. The second-order valence-electron chi connectivity index (χ2n) is 6.32. The molecule has 1 aromatic rings. The number of rotatable bonds is 5. The van der Waals surface area contributed by atoms with Crippen molar-refractivity contribution in [2.24, 2.45) is 0 Å². The van der Waals surface area contributed by atoms with E-state index < -0.39 is 16.1 Å². The molecule has 138 valence electrons. The molecule has 25 heavy (non-hydrogen) atoms. The molecule has 0 radical (unpaired) electrons. The molecule has 1 amide bonds. The Kier molecular flexibility index (Phi) is 5.61. The summed E-state index contributed by atoms with van der Waals surface area (Å²) >= 11 is 0. The zero-order valence-corrected chi connectivity index (χ0v) is 15.2. The number of hydrogen-bond acceptors (Lipinski definition) is 5. The highest BCUT2D eigenvalue weighted by Crippen LogP contribution is 2.31. The topological polar surface area (TPSA) is 84.9 Å². The van der Waals surface area contributed by atoms with Crippen LogP contribution in [0, 0.1) is 0 Å². The molecule has 1 N–H and O–H groups in total. The van der Waals surface area contributed by atoms with Crippen molar-refractivity contribution in [3.8, 4) is 5.75 Å². The quantitative estimate of drug-likeness (QED) is 0.859. The fourth-order valence-electron chi connectivity index (χ4n) is 3.21. The third-order valence-electron chi connectivity index (χ3n) is 4.59. The van der Waals surface area contributed by atoms with Gasteiger partial charge in [-0.05, 0) is 43.9 Å². The van der Waals surface area contributed by atoms with Gasteiger partial charge in [-0.3, -0.25) is 4.79 Å². The Hall–Kier alpha value is -1.64. The third kappa shape index (κ3) is 3.96. The third-order valence-corrected chi connectivity index (χ3v) is 6.51. The van der Waals surface area contributed by atoms with E-state index in [0.717, 1.165) is 25.7 Å². The minimum atomic E-state index is -3.66. The van der Waals surface area contributed by atoms with Crippen molar-refractivity contribution in [1.29, 1.82) is 0 Å². The Morgan fingerprint density at radius 1 is 1.24 bits per heavy atom. The summed E-state index contributed by atoms with van der Waals surface area (Å²) in [7, 11) is -2.22. The minimum absolute atomic E-state index is 0.0852. The fourth-order valence-corrected chi connectivity index (χ4v) is 4.91. The lowest BCUT2D eigenvalue weighted by atomic mass is 10.2. The van der Waals surface area contributed by atoms with Crippen LogP contribution in [0.3, 0.4) is 0 Å². The van der Waals surface area contributed by atoms with Crippen LogP contribution in [0.25, 0.3) is 0 Å². The van der Waals surface area contributed by atoms with Crippen molar-refractivity contribution in [3.63, 3.8) is 0 Å². The molecule has 1 aromatic carbocycles. The van der Waals surface area contributed by atoms with Gasteiger partial charge in [0, 0.05) is 25.4 Å². The molecule has 0 aromatic heterocycles. The molecule has 0 spiro atoms. The number of piperidine rings is 1. The standard InChI is InChI=1S/C17H24N2O5S/c1-23-14-8-7-13(18-17(20)15-6-5-11-24-15)12-16(14)25(21,22)19-9-3-2-4-10-19/h7-8,12,15H,2-6,9-11H2,1H3,(H,18,20)/t15-/m1/s1. The summed E-state index contributed by atoms with van der Waals surface area (Å²) in [5, 5.41) is 2.75. The van der Waals surface area contributed by atoms with E-state index in [4.69, 9.17) is 9.47 Å². The van der Waals surface area contributed by atoms with Gasteiger partial charge in [-0.2, -0.15) is 4.31 Å². The van der Waals surface area contributed by atoms with Gasteiger partial charge in [0.05, 0.1) is 7.11 Å². The number of sulfonamides is 1. The number of hydrogen-bond donors (Lipinski definition) is 1. The van der Waals surface area contributed by atoms with Crippen LogP contribution in [-0.2, 0) is 19.6 Å². The SMILES string of the molecule is COc1ccc(NC(=O)[C@H]2CCCO2)cc1S(=O)(=O)N1CCCCC1. The zero-order valence-electron chi connectivity index (χ0n) is 14.4. The number of nitrogens with zero attached hydrogens (tertiary/aromatic N) is 1. The summed E-state index contributed by atoms with van der Waals surface area (Å²) in [6, 6.07) is 4.68. The second-order valence-corrected chi connectivity index (χ2v) is 8.23. The number of nitrogens with one attached hydrogen (secondary N) is 1. The Labute approximate surface area is 148 Å². The van der Waals surface area contributed by atoms with Crippen molar-refractivity contribution in [2.45, 2.75) is 43.1 Å². The van der Waals surface area contributed by atoms with Gasteiger partial charge in [-0.25, -0.2) is 8.42 Å². The van der Waals surface area contributed by atoms with Crippen LogP contribution in [0.2, 0.25) is 0 Å². The fraction of sp³-hybridized carbons (Fsp3) is 0.588. The van der Waals surface area contributed by atoms with Gasteiger partial charge in [-0.15, -0.1) is 0 Å². The molecule has 2 aliphatic heterocycles. The predicted molar refractivity (Wildman–Crippen MR) is 93.2 cm³/mol. The molecule has 0 unspecified atom stereocenters. The number of methoxy groups -OCH3 is 1. The molecule has 2 saturated heterocycles. The molecule has 2 heterocycles. The molecule has 8 heteroatoms. The largest absolute Gasteiger partial charge is 0.495 e. The van der Waals surface area contributed by atoms with E-state index in [1.807, 2.05) is 0 Å². The Morgan fingerprint density at radius 3 is 2.64 bits per heavy atom. The van der Waals surface area contributed by atoms with Gasteiger partial charge in [0.1, 0.15) is 16.7 Å². The minimum Gasteiger partial charge on any atom is -0.495 e. The molecule has 0 saturated carbocycles. The van der Waals surface area contributed by atoms with E-state index >= 15 is 0 Å². The number of amides is 1. The van der Waals surface area contributed by atoms with Crippen LogP contribution in [0.4, 0.5) is 5.69 Å². The summed E-state index contributed by atoms with van der Waals surface area (Å²) < 4.78 is 38.0. The molecule has 2 aliphatic rings. The first-order chi connectivity index (χ1) is 12.0. The summed E-state index contributed by atoms with van der Waals surface area (Å²) in [4.78, 5) is 12.3. The lowest BCUT2D eigenvalue weighted by Gasteiger charge is -2.26. The average Bonchev–Trinajstić information content (AvgIpc) is 3.17. The van der Waals surface area contributed by atoms with Crippen molar-refractivity contribution >= 4 is 21.6 Å². The van der Waals surface area contributed by atoms with Crippen molar-refractivity contribution < 1.29 is 22.7 Å². The molecular formula is C17H24N2O5S. The number of carbonyl (C=O) groups is 1. The molecule has 0 bridgehead atoms. The highest BCUT2D eigenvalue weighted by Gasteiger charge is 2.30. The second kappa shape index (κ2) is 7.72. The maximum atomic E-state index is 13.0. The first kappa shape index (κ1) is 18.2. The van der Waals surface area contributed by atoms with Gasteiger partial charge in [-0.1, -0.05) is 6.42 Å². The number of anilines is 1. The van der Waals surface area contributed by atoms with Crippen LogP contribution in [0.5, 0.6) is 5.75 Å². The molecule has 1 atom stereocenters. The summed E-state index contributed by atoms with van der Waals surface area (Å²) in [6.07, 6.45) is 3.83. The van der Waals surface area contributed by atoms with Crippen LogP contribution < -0.4 is 10.1 Å². The van der Waals surface area contributed by atoms with E-state index in [0.29, 0.717) is 31.8 Å². The van der Waals surface area contributed by atoms with Gasteiger partial charge < -0.3 is 14.8 Å². The highest BCUT2D eigenvalue weighted by atomic mass is 32.2. The van der Waals surface area contributed by atoms with E-state index in [9.17, 15) is 13.2 Å². The highest BCUT2D eigenvalue weighted by molar-refractivity contribution is 7.89. The molecule has 7 nitrogen and oxygen atoms in total. The number of ether oxygens (including phenoxy) is 2. The van der Waals surface area contributed by atoms with E-state index in [1.165, 1.54) is 17.5 Å². The van der Waals surface area contributed by atoms with E-state index in [1.54, 1.807) is 12.1 Å². The van der Waals surface area contributed by atoms with E-state index in [-0.39, 0.29) is 16.6 Å². The Morgan fingerprint density at radius 2 is 2.00 bits per heavy atom. The monoisotopic (exact) mass is 368 g/mol. The molecule has 2 fully saturated rings. The lowest BCUT2D eigenvalue weighted by molar-refractivity contribution is -0.124. The van der Waals surface area contributed by atoms with Crippen LogP contribution >= 0.6 is 0 Å². The van der Waals surface area contributed by atoms with Gasteiger partial charge >= 0.3 is 0 Å². The van der Waals surface area contributed by atoms with Gasteiger partial charge in [0.25, 0.3) is 5.91 Å². The van der Waals surface area contributed by atoms with Gasteiger partial charge in [0.2, 0.25) is 10.0 Å². The van der Waals surface area contributed by atoms with Crippen LogP contribution in [0.1, 0.15) is 32.1 Å². The van der Waals surface area contributed by atoms with Crippen LogP contribution in [-0.4, -0.2) is 51.5 Å². The predicted octanol–water partition coefficient (Wildman–Crippen LogP) is 1.99. The Balaban J connectivity index is 1.85. The molecule has 3 rings (SSSR count). The maximum Gasteiger partial charge on any atom is 0.253 e. The van der Waals surface area contributed by atoms with Crippen LogP contribution in [0.15, 0.2) is 23.1 Å². The maximum absolute atomic E-state index is 13.0. The zero-order chi connectivity index (χ0) is 17.9. The Bertz CT molecular complexity index is 723. The van der Waals surface area contributed by atoms with Gasteiger partial charge in [0.15, 0.2) is 0 Å².